The summed E-state index contributed by atoms with van der Waals surface area (Å²) in [5.74, 6) is 0.780. The highest BCUT2D eigenvalue weighted by molar-refractivity contribution is 14.0. The predicted molar refractivity (Wildman–Crippen MR) is 118 cm³/mol. The number of nitrogens with zero attached hydrogens (tertiary/aromatic N) is 2. The number of halogens is 1. The Balaban J connectivity index is 0.00000338. The first-order valence-corrected chi connectivity index (χ1v) is 9.27. The van der Waals surface area contributed by atoms with Crippen molar-refractivity contribution in [2.75, 3.05) is 39.8 Å². The third-order valence-electron chi connectivity index (χ3n) is 4.41. The van der Waals surface area contributed by atoms with E-state index in [4.69, 9.17) is 0 Å². The Hall–Kier alpha value is -1.35. The molecule has 0 aromatic heterocycles. The lowest BCUT2D eigenvalue weighted by molar-refractivity contribution is 0.0956. The smallest absolute Gasteiger partial charge is 0.251 e. The highest BCUT2D eigenvalue weighted by Crippen LogP contribution is 2.07. The van der Waals surface area contributed by atoms with Crippen LogP contribution in [0, 0.1) is 0 Å². The van der Waals surface area contributed by atoms with Crippen molar-refractivity contribution < 1.29 is 4.79 Å². The highest BCUT2D eigenvalue weighted by atomic mass is 127. The second kappa shape index (κ2) is 12.9. The van der Waals surface area contributed by atoms with Gasteiger partial charge in [0.2, 0.25) is 0 Å². The number of benzene rings is 1. The van der Waals surface area contributed by atoms with Crippen molar-refractivity contribution in [2.24, 2.45) is 4.99 Å². The summed E-state index contributed by atoms with van der Waals surface area (Å²) in [6.45, 7) is 7.62. The van der Waals surface area contributed by atoms with E-state index >= 15 is 0 Å². The molecule has 0 bridgehead atoms. The second-order valence-electron chi connectivity index (χ2n) is 6.31. The minimum atomic E-state index is -0.0304. The number of carbonyl (C=O) groups is 1. The van der Waals surface area contributed by atoms with E-state index in [9.17, 15) is 4.79 Å². The lowest BCUT2D eigenvalue weighted by Crippen LogP contribution is -2.42. The van der Waals surface area contributed by atoms with E-state index in [-0.39, 0.29) is 29.9 Å². The number of likely N-dealkylation sites (tertiary alicyclic amines) is 1. The van der Waals surface area contributed by atoms with Crippen LogP contribution in [0.2, 0.25) is 0 Å². The molecule has 0 atom stereocenters. The molecule has 0 radical (unpaired) electrons. The van der Waals surface area contributed by atoms with Crippen LogP contribution >= 0.6 is 24.0 Å². The molecule has 26 heavy (non-hydrogen) atoms. The number of guanidine groups is 1. The first-order chi connectivity index (χ1) is 12.2. The number of rotatable bonds is 7. The fraction of sp³-hybridized carbons (Fsp3) is 0.579. The Labute approximate surface area is 174 Å². The van der Waals surface area contributed by atoms with Gasteiger partial charge in [-0.3, -0.25) is 9.79 Å². The van der Waals surface area contributed by atoms with Gasteiger partial charge in [0, 0.05) is 38.8 Å². The molecule has 1 amide bonds. The maximum absolute atomic E-state index is 11.8. The zero-order valence-electron chi connectivity index (χ0n) is 15.9. The van der Waals surface area contributed by atoms with Crippen molar-refractivity contribution in [1.29, 1.82) is 0 Å². The number of piperidine rings is 1. The van der Waals surface area contributed by atoms with Gasteiger partial charge in [-0.05, 0) is 50.6 Å². The van der Waals surface area contributed by atoms with E-state index in [0.717, 1.165) is 24.6 Å². The van der Waals surface area contributed by atoms with Crippen molar-refractivity contribution in [1.82, 2.24) is 20.9 Å². The van der Waals surface area contributed by atoms with E-state index in [1.807, 2.05) is 31.2 Å². The zero-order valence-corrected chi connectivity index (χ0v) is 18.2. The molecule has 0 aliphatic carbocycles. The van der Waals surface area contributed by atoms with Gasteiger partial charge in [-0.2, -0.15) is 0 Å². The van der Waals surface area contributed by atoms with Gasteiger partial charge in [0.1, 0.15) is 0 Å². The molecule has 7 heteroatoms. The molecule has 1 aliphatic heterocycles. The lowest BCUT2D eigenvalue weighted by Gasteiger charge is -2.26. The molecule has 146 valence electrons. The molecule has 1 aromatic rings. The van der Waals surface area contributed by atoms with E-state index in [2.05, 4.69) is 25.8 Å². The molecule has 1 heterocycles. The Morgan fingerprint density at radius 2 is 1.77 bits per heavy atom. The van der Waals surface area contributed by atoms with E-state index in [1.54, 1.807) is 7.05 Å². The fourth-order valence-electron chi connectivity index (χ4n) is 2.96. The number of aliphatic imine (C=N–C) groups is 1. The van der Waals surface area contributed by atoms with Crippen LogP contribution in [-0.4, -0.2) is 56.5 Å². The molecular weight excluding hydrogens is 441 g/mol. The minimum absolute atomic E-state index is 0. The van der Waals surface area contributed by atoms with Crippen molar-refractivity contribution in [3.05, 3.63) is 35.4 Å². The van der Waals surface area contributed by atoms with E-state index in [0.29, 0.717) is 18.7 Å². The van der Waals surface area contributed by atoms with Crippen molar-refractivity contribution in [3.8, 4) is 0 Å². The first kappa shape index (κ1) is 22.7. The zero-order chi connectivity index (χ0) is 17.9. The third-order valence-corrected chi connectivity index (χ3v) is 4.41. The molecular formula is C19H32IN5O. The Kier molecular flexibility index (Phi) is 11.3. The molecule has 0 unspecified atom stereocenters. The highest BCUT2D eigenvalue weighted by Gasteiger charge is 2.09. The average molecular weight is 473 g/mol. The van der Waals surface area contributed by atoms with Crippen molar-refractivity contribution in [2.45, 2.75) is 32.7 Å². The van der Waals surface area contributed by atoms with Gasteiger partial charge in [-0.25, -0.2) is 0 Å². The van der Waals surface area contributed by atoms with Crippen LogP contribution in [0.4, 0.5) is 0 Å². The largest absolute Gasteiger partial charge is 0.355 e. The van der Waals surface area contributed by atoms with Crippen molar-refractivity contribution in [3.63, 3.8) is 0 Å². The van der Waals surface area contributed by atoms with Crippen LogP contribution in [0.3, 0.4) is 0 Å². The predicted octanol–water partition coefficient (Wildman–Crippen LogP) is 2.21. The third kappa shape index (κ3) is 7.90. The van der Waals surface area contributed by atoms with Gasteiger partial charge in [0.15, 0.2) is 5.96 Å². The maximum Gasteiger partial charge on any atom is 0.251 e. The van der Waals surface area contributed by atoms with E-state index < -0.39 is 0 Å². The minimum Gasteiger partial charge on any atom is -0.355 e. The standard InChI is InChI=1S/C19H31N5O.HI/c1-3-21-18(25)17-9-7-16(8-10-17)15-23-19(20-2)22-11-14-24-12-5-4-6-13-24;/h7-10H,3-6,11-15H2,1-2H3,(H,21,25)(H2,20,22,23);1H. The fourth-order valence-corrected chi connectivity index (χ4v) is 2.96. The van der Waals surface area contributed by atoms with Crippen LogP contribution in [-0.2, 0) is 6.54 Å². The molecule has 2 rings (SSSR count). The topological polar surface area (TPSA) is 68.8 Å². The molecule has 1 aromatic carbocycles. The average Bonchev–Trinajstić information content (AvgIpc) is 2.66. The Morgan fingerprint density at radius 3 is 2.38 bits per heavy atom. The molecule has 1 saturated heterocycles. The second-order valence-corrected chi connectivity index (χ2v) is 6.31. The Bertz CT molecular complexity index is 556. The molecule has 0 spiro atoms. The van der Waals surface area contributed by atoms with E-state index in [1.165, 1.54) is 32.4 Å². The van der Waals surface area contributed by atoms with Crippen molar-refractivity contribution >= 4 is 35.8 Å². The molecule has 0 saturated carbocycles. The molecule has 1 aliphatic rings. The maximum atomic E-state index is 11.8. The van der Waals surface area contributed by atoms with Crippen LogP contribution in [0.15, 0.2) is 29.3 Å². The summed E-state index contributed by atoms with van der Waals surface area (Å²) < 4.78 is 0. The molecule has 1 fully saturated rings. The summed E-state index contributed by atoms with van der Waals surface area (Å²) in [4.78, 5) is 18.5. The molecule has 6 nitrogen and oxygen atoms in total. The summed E-state index contributed by atoms with van der Waals surface area (Å²) in [6, 6.07) is 7.65. The number of nitrogens with one attached hydrogen (secondary N) is 3. The van der Waals surface area contributed by atoms with Crippen LogP contribution < -0.4 is 16.0 Å². The number of hydrogen-bond donors (Lipinski definition) is 3. The number of amides is 1. The van der Waals surface area contributed by atoms with Gasteiger partial charge < -0.3 is 20.9 Å². The van der Waals surface area contributed by atoms with Gasteiger partial charge in [0.25, 0.3) is 5.91 Å². The Morgan fingerprint density at radius 1 is 1.08 bits per heavy atom. The molecule has 3 N–H and O–H groups in total. The van der Waals surface area contributed by atoms with Gasteiger partial charge in [0.05, 0.1) is 0 Å². The normalized spacial score (nSPS) is 15.1. The van der Waals surface area contributed by atoms with Crippen LogP contribution in [0.25, 0.3) is 0 Å². The summed E-state index contributed by atoms with van der Waals surface area (Å²) in [5, 5.41) is 9.49. The van der Waals surface area contributed by atoms with Crippen LogP contribution in [0.1, 0.15) is 42.1 Å². The summed E-state index contributed by atoms with van der Waals surface area (Å²) in [7, 11) is 1.79. The number of hydrogen-bond acceptors (Lipinski definition) is 3. The number of carbonyl (C=O) groups excluding carboxylic acids is 1. The summed E-state index contributed by atoms with van der Waals surface area (Å²) >= 11 is 0. The monoisotopic (exact) mass is 473 g/mol. The van der Waals surface area contributed by atoms with Gasteiger partial charge in [-0.15, -0.1) is 24.0 Å². The van der Waals surface area contributed by atoms with Gasteiger partial charge in [-0.1, -0.05) is 18.6 Å². The van der Waals surface area contributed by atoms with Crippen LogP contribution in [0.5, 0.6) is 0 Å². The quantitative estimate of drug-likeness (QED) is 0.323. The first-order valence-electron chi connectivity index (χ1n) is 9.27. The summed E-state index contributed by atoms with van der Waals surface area (Å²) in [6.07, 6.45) is 4.00. The van der Waals surface area contributed by atoms with Gasteiger partial charge >= 0.3 is 0 Å². The lowest BCUT2D eigenvalue weighted by atomic mass is 10.1. The summed E-state index contributed by atoms with van der Waals surface area (Å²) in [5.41, 5.74) is 1.81. The SMILES string of the molecule is CCNC(=O)c1ccc(CNC(=NC)NCCN2CCCCC2)cc1.I.